The molecular weight excluding hydrogens is 195 g/mol. The molecule has 2 unspecified atom stereocenters. The van der Waals surface area contributed by atoms with E-state index >= 15 is 0 Å². The molecule has 0 bridgehead atoms. The van der Waals surface area contributed by atoms with Gasteiger partial charge in [-0.3, -0.25) is 4.79 Å². The Labute approximate surface area is 87.7 Å². The summed E-state index contributed by atoms with van der Waals surface area (Å²) in [6.45, 7) is 2.07. The quantitative estimate of drug-likeness (QED) is 0.774. The van der Waals surface area contributed by atoms with E-state index in [1.807, 2.05) is 0 Å². The monoisotopic (exact) mass is 208 g/mol. The number of halogens is 1. The van der Waals surface area contributed by atoms with Gasteiger partial charge < -0.3 is 5.32 Å². The third kappa shape index (κ3) is 2.32. The minimum absolute atomic E-state index is 0.0417. The molecular formula is C11H13FN2O. The highest BCUT2D eigenvalue weighted by molar-refractivity contribution is 5.93. The van der Waals surface area contributed by atoms with Crippen LogP contribution < -0.4 is 5.32 Å². The van der Waals surface area contributed by atoms with E-state index < -0.39 is 5.95 Å². The van der Waals surface area contributed by atoms with E-state index in [4.69, 9.17) is 0 Å². The Bertz CT molecular complexity index is 381. The molecule has 1 amide bonds. The van der Waals surface area contributed by atoms with Crippen molar-refractivity contribution in [1.82, 2.24) is 4.98 Å². The molecule has 4 heteroatoms. The highest BCUT2D eigenvalue weighted by Gasteiger charge is 2.41. The Hall–Kier alpha value is -1.45. The lowest BCUT2D eigenvalue weighted by Gasteiger charge is -2.02. The molecule has 1 fully saturated rings. The first-order valence-corrected chi connectivity index (χ1v) is 5.14. The lowest BCUT2D eigenvalue weighted by Crippen LogP contribution is -2.15. The number of carbonyl (C=O) groups is 1. The lowest BCUT2D eigenvalue weighted by atomic mass is 10.2. The van der Waals surface area contributed by atoms with Gasteiger partial charge >= 0.3 is 0 Å². The average Bonchev–Trinajstić information content (AvgIpc) is 2.96. The zero-order chi connectivity index (χ0) is 10.8. The number of nitrogens with one attached hydrogen (secondary N) is 1. The Balaban J connectivity index is 1.95. The second-order valence-corrected chi connectivity index (χ2v) is 3.85. The summed E-state index contributed by atoms with van der Waals surface area (Å²) in [5.41, 5.74) is 0. The molecule has 1 aromatic heterocycles. The van der Waals surface area contributed by atoms with Gasteiger partial charge in [0.05, 0.1) is 0 Å². The Morgan fingerprint density at radius 3 is 3.07 bits per heavy atom. The maximum absolute atomic E-state index is 12.7. The molecule has 0 aromatic carbocycles. The second kappa shape index (κ2) is 3.96. The van der Waals surface area contributed by atoms with Crippen LogP contribution in [-0.2, 0) is 4.79 Å². The number of anilines is 1. The summed E-state index contributed by atoms with van der Waals surface area (Å²) in [4.78, 5) is 15.2. The zero-order valence-corrected chi connectivity index (χ0v) is 8.53. The summed E-state index contributed by atoms with van der Waals surface area (Å²) in [5.74, 6) is 0.274. The van der Waals surface area contributed by atoms with Crippen LogP contribution in [0.5, 0.6) is 0 Å². The summed E-state index contributed by atoms with van der Waals surface area (Å²) in [6.07, 6.45) is 1.96. The number of hydrogen-bond donors (Lipinski definition) is 1. The van der Waals surface area contributed by atoms with E-state index in [-0.39, 0.29) is 11.8 Å². The number of aromatic nitrogens is 1. The first-order chi connectivity index (χ1) is 7.20. The number of nitrogens with zero attached hydrogens (tertiary/aromatic N) is 1. The molecule has 1 saturated carbocycles. The fraction of sp³-hybridized carbons (Fsp3) is 0.455. The molecule has 0 radical (unpaired) electrons. The first kappa shape index (κ1) is 10.1. The van der Waals surface area contributed by atoms with E-state index in [0.29, 0.717) is 11.7 Å². The van der Waals surface area contributed by atoms with Gasteiger partial charge in [0.2, 0.25) is 11.9 Å². The number of amides is 1. The highest BCUT2D eigenvalue weighted by Crippen LogP contribution is 2.41. The molecule has 1 aliphatic carbocycles. The van der Waals surface area contributed by atoms with E-state index in [2.05, 4.69) is 17.2 Å². The van der Waals surface area contributed by atoms with Crippen molar-refractivity contribution in [3.63, 3.8) is 0 Å². The third-order valence-corrected chi connectivity index (χ3v) is 2.75. The van der Waals surface area contributed by atoms with Crippen molar-refractivity contribution in [2.45, 2.75) is 19.8 Å². The van der Waals surface area contributed by atoms with Crippen LogP contribution in [0.25, 0.3) is 0 Å². The van der Waals surface area contributed by atoms with Gasteiger partial charge in [0.1, 0.15) is 5.82 Å². The topological polar surface area (TPSA) is 42.0 Å². The van der Waals surface area contributed by atoms with Crippen LogP contribution in [0.4, 0.5) is 10.2 Å². The SMILES string of the molecule is CCC1CC1C(=O)Nc1cccc(F)n1. The molecule has 1 aromatic rings. The minimum atomic E-state index is -0.573. The third-order valence-electron chi connectivity index (χ3n) is 2.75. The molecule has 15 heavy (non-hydrogen) atoms. The molecule has 80 valence electrons. The number of rotatable bonds is 3. The molecule has 0 aliphatic heterocycles. The van der Waals surface area contributed by atoms with Crippen LogP contribution >= 0.6 is 0 Å². The minimum Gasteiger partial charge on any atom is -0.310 e. The van der Waals surface area contributed by atoms with Crippen LogP contribution in [0.15, 0.2) is 18.2 Å². The van der Waals surface area contributed by atoms with Crippen LogP contribution in [0.2, 0.25) is 0 Å². The van der Waals surface area contributed by atoms with Gasteiger partial charge in [-0.05, 0) is 24.5 Å². The molecule has 0 saturated heterocycles. The molecule has 1 N–H and O–H groups in total. The number of pyridine rings is 1. The second-order valence-electron chi connectivity index (χ2n) is 3.85. The van der Waals surface area contributed by atoms with Crippen molar-refractivity contribution in [3.8, 4) is 0 Å². The van der Waals surface area contributed by atoms with E-state index in [1.165, 1.54) is 12.1 Å². The molecule has 2 rings (SSSR count). The highest BCUT2D eigenvalue weighted by atomic mass is 19.1. The predicted molar refractivity (Wildman–Crippen MR) is 54.7 cm³/mol. The Morgan fingerprint density at radius 2 is 2.47 bits per heavy atom. The summed E-state index contributed by atoms with van der Waals surface area (Å²) in [6, 6.07) is 4.37. The van der Waals surface area contributed by atoms with Gasteiger partial charge in [0.15, 0.2) is 0 Å². The average molecular weight is 208 g/mol. The van der Waals surface area contributed by atoms with Crippen LogP contribution in [0.3, 0.4) is 0 Å². The summed E-state index contributed by atoms with van der Waals surface area (Å²) in [5, 5.41) is 2.62. The van der Waals surface area contributed by atoms with Crippen molar-refractivity contribution in [2.75, 3.05) is 5.32 Å². The predicted octanol–water partition coefficient (Wildman–Crippen LogP) is 2.21. The van der Waals surface area contributed by atoms with Gasteiger partial charge in [-0.15, -0.1) is 0 Å². The fourth-order valence-electron chi connectivity index (χ4n) is 1.72. The van der Waals surface area contributed by atoms with Crippen molar-refractivity contribution >= 4 is 11.7 Å². The normalized spacial score (nSPS) is 23.6. The van der Waals surface area contributed by atoms with Crippen LogP contribution in [0, 0.1) is 17.8 Å². The zero-order valence-electron chi connectivity index (χ0n) is 8.53. The van der Waals surface area contributed by atoms with Gasteiger partial charge in [0, 0.05) is 5.92 Å². The summed E-state index contributed by atoms with van der Waals surface area (Å²) >= 11 is 0. The van der Waals surface area contributed by atoms with E-state index in [0.717, 1.165) is 12.8 Å². The van der Waals surface area contributed by atoms with Crippen molar-refractivity contribution in [1.29, 1.82) is 0 Å². The van der Waals surface area contributed by atoms with Gasteiger partial charge in [0.25, 0.3) is 0 Å². The Kier molecular flexibility index (Phi) is 2.66. The number of hydrogen-bond acceptors (Lipinski definition) is 2. The maximum Gasteiger partial charge on any atom is 0.228 e. The smallest absolute Gasteiger partial charge is 0.228 e. The van der Waals surface area contributed by atoms with Crippen molar-refractivity contribution in [3.05, 3.63) is 24.1 Å². The van der Waals surface area contributed by atoms with Gasteiger partial charge in [-0.2, -0.15) is 4.39 Å². The van der Waals surface area contributed by atoms with E-state index in [9.17, 15) is 9.18 Å². The molecule has 3 nitrogen and oxygen atoms in total. The van der Waals surface area contributed by atoms with Crippen LogP contribution in [-0.4, -0.2) is 10.9 Å². The molecule has 0 spiro atoms. The maximum atomic E-state index is 12.7. The lowest BCUT2D eigenvalue weighted by molar-refractivity contribution is -0.117. The van der Waals surface area contributed by atoms with Gasteiger partial charge in [-0.25, -0.2) is 4.98 Å². The molecule has 1 heterocycles. The van der Waals surface area contributed by atoms with Crippen LogP contribution in [0.1, 0.15) is 19.8 Å². The summed E-state index contributed by atoms with van der Waals surface area (Å²) in [7, 11) is 0. The Morgan fingerprint density at radius 1 is 1.67 bits per heavy atom. The summed E-state index contributed by atoms with van der Waals surface area (Å²) < 4.78 is 12.7. The standard InChI is InChI=1S/C11H13FN2O/c1-2-7-6-8(7)11(15)14-10-5-3-4-9(12)13-10/h3-5,7-8H,2,6H2,1H3,(H,13,14,15). The molecule has 2 atom stereocenters. The van der Waals surface area contributed by atoms with Crippen molar-refractivity contribution < 1.29 is 9.18 Å². The van der Waals surface area contributed by atoms with E-state index in [1.54, 1.807) is 6.07 Å². The molecule has 1 aliphatic rings. The largest absolute Gasteiger partial charge is 0.310 e. The number of carbonyl (C=O) groups excluding carboxylic acids is 1. The van der Waals surface area contributed by atoms with Gasteiger partial charge in [-0.1, -0.05) is 19.4 Å². The van der Waals surface area contributed by atoms with Crippen molar-refractivity contribution in [2.24, 2.45) is 11.8 Å². The first-order valence-electron chi connectivity index (χ1n) is 5.14. The fourth-order valence-corrected chi connectivity index (χ4v) is 1.72.